The van der Waals surface area contributed by atoms with Crippen LogP contribution in [-0.2, 0) is 16.8 Å². The van der Waals surface area contributed by atoms with Crippen LogP contribution in [0.5, 0.6) is 0 Å². The lowest BCUT2D eigenvalue weighted by atomic mass is 9.68. The zero-order valence-electron chi connectivity index (χ0n) is 20.7. The number of carbonyl (C=O) groups excluding carboxylic acids is 2. The molecule has 3 aromatic rings. The third kappa shape index (κ3) is 5.46. The lowest BCUT2D eigenvalue weighted by molar-refractivity contribution is -0.105. The van der Waals surface area contributed by atoms with E-state index in [0.29, 0.717) is 13.1 Å². The second kappa shape index (κ2) is 11.3. The van der Waals surface area contributed by atoms with E-state index in [0.717, 1.165) is 50.1 Å². The summed E-state index contributed by atoms with van der Waals surface area (Å²) in [7, 11) is 0. The van der Waals surface area contributed by atoms with Gasteiger partial charge in [-0.05, 0) is 80.7 Å². The minimum atomic E-state index is -0.176. The highest BCUT2D eigenvalue weighted by atomic mass is 16.2. The molecule has 0 aromatic heterocycles. The number of carbonyl (C=O) groups is 2. The Balaban J connectivity index is 1.63. The molecule has 3 aromatic carbocycles. The van der Waals surface area contributed by atoms with Crippen molar-refractivity contribution in [1.29, 1.82) is 0 Å². The first kappa shape index (κ1) is 24.7. The van der Waals surface area contributed by atoms with E-state index < -0.39 is 0 Å². The third-order valence-corrected chi connectivity index (χ3v) is 7.33. The topological polar surface area (TPSA) is 52.7 Å². The van der Waals surface area contributed by atoms with Crippen molar-refractivity contribution < 1.29 is 9.59 Å². The summed E-state index contributed by atoms with van der Waals surface area (Å²) < 4.78 is 0. The number of rotatable bonds is 9. The van der Waals surface area contributed by atoms with Crippen LogP contribution in [0.4, 0.5) is 5.69 Å². The Morgan fingerprint density at radius 1 is 0.914 bits per heavy atom. The van der Waals surface area contributed by atoms with Gasteiger partial charge in [0.05, 0.1) is 0 Å². The molecule has 1 heterocycles. The molecule has 35 heavy (non-hydrogen) atoms. The minimum absolute atomic E-state index is 0.0745. The highest BCUT2D eigenvalue weighted by Gasteiger charge is 2.38. The minimum Gasteiger partial charge on any atom is -0.339 e. The van der Waals surface area contributed by atoms with E-state index in [9.17, 15) is 9.59 Å². The van der Waals surface area contributed by atoms with Crippen LogP contribution >= 0.6 is 0 Å². The van der Waals surface area contributed by atoms with E-state index in [1.807, 2.05) is 43.0 Å². The fraction of sp³-hybridized carbons (Fsp3) is 0.333. The normalized spacial score (nSPS) is 15.4. The molecule has 2 amide bonds. The average molecular weight is 470 g/mol. The fourth-order valence-corrected chi connectivity index (χ4v) is 5.28. The molecule has 0 unspecified atom stereocenters. The molecule has 1 fully saturated rings. The van der Waals surface area contributed by atoms with E-state index >= 15 is 0 Å². The van der Waals surface area contributed by atoms with Crippen molar-refractivity contribution in [2.75, 3.05) is 31.5 Å². The Kier molecular flexibility index (Phi) is 7.98. The van der Waals surface area contributed by atoms with Crippen molar-refractivity contribution in [3.63, 3.8) is 0 Å². The molecule has 1 aliphatic rings. The van der Waals surface area contributed by atoms with Crippen molar-refractivity contribution in [2.45, 2.75) is 38.6 Å². The van der Waals surface area contributed by atoms with Crippen LogP contribution in [0.3, 0.4) is 0 Å². The monoisotopic (exact) mass is 469 g/mol. The number of piperidine rings is 1. The van der Waals surface area contributed by atoms with Gasteiger partial charge in [-0.15, -0.1) is 0 Å². The molecule has 0 saturated carbocycles. The van der Waals surface area contributed by atoms with Gasteiger partial charge in [-0.25, -0.2) is 0 Å². The van der Waals surface area contributed by atoms with Crippen LogP contribution in [0.1, 0.15) is 53.7 Å². The summed E-state index contributed by atoms with van der Waals surface area (Å²) in [6.45, 7) is 8.31. The van der Waals surface area contributed by atoms with E-state index in [-0.39, 0.29) is 11.3 Å². The summed E-state index contributed by atoms with van der Waals surface area (Å²) in [4.78, 5) is 28.3. The number of nitrogens with zero attached hydrogens (tertiary/aromatic N) is 2. The molecule has 1 aliphatic heterocycles. The standard InChI is InChI=1S/C30H35N3O2/c1-3-33(4-2)29(35)25-13-15-26(16-14-25)30(27-11-8-12-28(21-27)31-23-34)17-19-32(20-18-30)22-24-9-6-5-7-10-24/h5-16,21,23H,3-4,17-20,22H2,1-2H3,(H,31,34). The van der Waals surface area contributed by atoms with E-state index in [1.165, 1.54) is 16.7 Å². The summed E-state index contributed by atoms with van der Waals surface area (Å²) in [5, 5.41) is 2.81. The van der Waals surface area contributed by atoms with Crippen LogP contribution in [0.25, 0.3) is 0 Å². The maximum absolute atomic E-state index is 12.9. The smallest absolute Gasteiger partial charge is 0.253 e. The van der Waals surface area contributed by atoms with Gasteiger partial charge in [-0.2, -0.15) is 0 Å². The molecule has 0 bridgehead atoms. The van der Waals surface area contributed by atoms with Crippen LogP contribution in [0, 0.1) is 0 Å². The van der Waals surface area contributed by atoms with Gasteiger partial charge in [0.15, 0.2) is 0 Å². The molecular weight excluding hydrogens is 434 g/mol. The van der Waals surface area contributed by atoms with E-state index in [2.05, 4.69) is 64.8 Å². The average Bonchev–Trinajstić information content (AvgIpc) is 2.91. The molecule has 0 aliphatic carbocycles. The zero-order chi connectivity index (χ0) is 24.7. The molecule has 1 saturated heterocycles. The number of anilines is 1. The highest BCUT2D eigenvalue weighted by Crippen LogP contribution is 2.43. The molecule has 4 rings (SSSR count). The first-order chi connectivity index (χ1) is 17.1. The summed E-state index contributed by atoms with van der Waals surface area (Å²) >= 11 is 0. The Morgan fingerprint density at radius 2 is 1.60 bits per heavy atom. The van der Waals surface area contributed by atoms with Crippen LogP contribution in [0.2, 0.25) is 0 Å². The first-order valence-electron chi connectivity index (χ1n) is 12.6. The summed E-state index contributed by atoms with van der Waals surface area (Å²) in [6.07, 6.45) is 2.66. The van der Waals surface area contributed by atoms with Crippen molar-refractivity contribution in [3.8, 4) is 0 Å². The number of hydrogen-bond donors (Lipinski definition) is 1. The predicted molar refractivity (Wildman–Crippen MR) is 142 cm³/mol. The van der Waals surface area contributed by atoms with Gasteiger partial charge in [0.1, 0.15) is 0 Å². The zero-order valence-corrected chi connectivity index (χ0v) is 20.7. The highest BCUT2D eigenvalue weighted by molar-refractivity contribution is 5.94. The summed E-state index contributed by atoms with van der Waals surface area (Å²) in [6, 6.07) is 27.0. The number of likely N-dealkylation sites (tertiary alicyclic amines) is 1. The maximum atomic E-state index is 12.9. The molecule has 182 valence electrons. The van der Waals surface area contributed by atoms with Gasteiger partial charge in [0, 0.05) is 36.3 Å². The van der Waals surface area contributed by atoms with Gasteiger partial charge in [-0.1, -0.05) is 54.6 Å². The predicted octanol–water partition coefficient (Wildman–Crippen LogP) is 5.32. The lowest BCUT2D eigenvalue weighted by Gasteiger charge is -2.43. The van der Waals surface area contributed by atoms with Crippen molar-refractivity contribution in [2.24, 2.45) is 0 Å². The van der Waals surface area contributed by atoms with Crippen molar-refractivity contribution in [1.82, 2.24) is 9.80 Å². The second-order valence-electron chi connectivity index (χ2n) is 9.24. The lowest BCUT2D eigenvalue weighted by Crippen LogP contribution is -2.43. The van der Waals surface area contributed by atoms with Gasteiger partial charge in [0.2, 0.25) is 6.41 Å². The Bertz CT molecular complexity index is 1120. The van der Waals surface area contributed by atoms with Crippen LogP contribution in [-0.4, -0.2) is 48.3 Å². The molecule has 0 radical (unpaired) electrons. The molecule has 5 heteroatoms. The Labute approximate surface area is 208 Å². The molecule has 0 atom stereocenters. The van der Waals surface area contributed by atoms with Gasteiger partial charge in [-0.3, -0.25) is 14.5 Å². The second-order valence-corrected chi connectivity index (χ2v) is 9.24. The van der Waals surface area contributed by atoms with Crippen LogP contribution < -0.4 is 5.32 Å². The first-order valence-corrected chi connectivity index (χ1v) is 12.6. The van der Waals surface area contributed by atoms with E-state index in [1.54, 1.807) is 0 Å². The van der Waals surface area contributed by atoms with Gasteiger partial charge < -0.3 is 10.2 Å². The molecule has 5 nitrogen and oxygen atoms in total. The largest absolute Gasteiger partial charge is 0.339 e. The number of amides is 2. The Hall–Kier alpha value is -3.44. The van der Waals surface area contributed by atoms with Gasteiger partial charge in [0.25, 0.3) is 5.91 Å². The molecule has 0 spiro atoms. The SMILES string of the molecule is CCN(CC)C(=O)c1ccc(C2(c3cccc(NC=O)c3)CCN(Cc3ccccc3)CC2)cc1. The summed E-state index contributed by atoms with van der Waals surface area (Å²) in [5.41, 5.74) is 5.10. The molecule has 1 N–H and O–H groups in total. The third-order valence-electron chi connectivity index (χ3n) is 7.33. The maximum Gasteiger partial charge on any atom is 0.253 e. The Morgan fingerprint density at radius 3 is 2.23 bits per heavy atom. The van der Waals surface area contributed by atoms with Crippen molar-refractivity contribution >= 4 is 18.0 Å². The molecular formula is C30H35N3O2. The van der Waals surface area contributed by atoms with Crippen molar-refractivity contribution in [3.05, 3.63) is 101 Å². The quantitative estimate of drug-likeness (QED) is 0.432. The number of benzene rings is 3. The van der Waals surface area contributed by atoms with Gasteiger partial charge >= 0.3 is 0 Å². The van der Waals surface area contributed by atoms with E-state index in [4.69, 9.17) is 0 Å². The fourth-order valence-electron chi connectivity index (χ4n) is 5.28. The number of nitrogens with one attached hydrogen (secondary N) is 1. The summed E-state index contributed by atoms with van der Waals surface area (Å²) in [5.74, 6) is 0.0745. The van der Waals surface area contributed by atoms with Crippen LogP contribution in [0.15, 0.2) is 78.9 Å². The number of hydrogen-bond acceptors (Lipinski definition) is 3.